The van der Waals surface area contributed by atoms with Crippen LogP contribution in [0.2, 0.25) is 0 Å². The average Bonchev–Trinajstić information content (AvgIpc) is 3.16. The zero-order valence-corrected chi connectivity index (χ0v) is 11.9. The first kappa shape index (κ1) is 14.1. The summed E-state index contributed by atoms with van der Waals surface area (Å²) in [6.07, 6.45) is 3.75. The maximum absolute atomic E-state index is 12.4. The third-order valence-electron chi connectivity index (χ3n) is 3.80. The molecule has 1 unspecified atom stereocenters. The van der Waals surface area contributed by atoms with Gasteiger partial charge in [-0.05, 0) is 44.4 Å². The van der Waals surface area contributed by atoms with Crippen molar-refractivity contribution in [3.8, 4) is 0 Å². The van der Waals surface area contributed by atoms with E-state index in [9.17, 15) is 4.79 Å². The Kier molecular flexibility index (Phi) is 4.64. The van der Waals surface area contributed by atoms with Gasteiger partial charge in [-0.3, -0.25) is 4.79 Å². The Balaban J connectivity index is 1.97. The molecule has 2 N–H and O–H groups in total. The highest BCUT2D eigenvalue weighted by molar-refractivity contribution is 5.77. The van der Waals surface area contributed by atoms with Crippen molar-refractivity contribution in [2.75, 3.05) is 6.54 Å². The van der Waals surface area contributed by atoms with Gasteiger partial charge in [-0.15, -0.1) is 0 Å². The summed E-state index contributed by atoms with van der Waals surface area (Å²) in [5.41, 5.74) is 5.69. The molecule has 1 amide bonds. The Morgan fingerprint density at radius 2 is 2.26 bits per heavy atom. The molecule has 1 fully saturated rings. The van der Waals surface area contributed by atoms with Crippen LogP contribution in [-0.4, -0.2) is 23.4 Å². The standard InChI is InChI=1S/C15H24N2O2/c1-3-12(9-16)8-15(18)17(13-5-6-13)10-14-7-4-11(2)19-14/h4,7,12-13H,3,5-6,8-10,16H2,1-2H3. The zero-order valence-electron chi connectivity index (χ0n) is 11.9. The predicted octanol–water partition coefficient (Wildman–Crippen LogP) is 2.45. The van der Waals surface area contributed by atoms with Crippen molar-refractivity contribution in [2.24, 2.45) is 11.7 Å². The number of amides is 1. The molecule has 4 heteroatoms. The summed E-state index contributed by atoms with van der Waals surface area (Å²) >= 11 is 0. The van der Waals surface area contributed by atoms with E-state index in [1.807, 2.05) is 24.0 Å². The number of nitrogens with zero attached hydrogens (tertiary/aromatic N) is 1. The molecule has 1 saturated carbocycles. The number of hydrogen-bond donors (Lipinski definition) is 1. The van der Waals surface area contributed by atoms with E-state index in [0.29, 0.717) is 31.5 Å². The van der Waals surface area contributed by atoms with Crippen LogP contribution >= 0.6 is 0 Å². The van der Waals surface area contributed by atoms with Crippen molar-refractivity contribution in [3.63, 3.8) is 0 Å². The fourth-order valence-corrected chi connectivity index (χ4v) is 2.30. The second-order valence-corrected chi connectivity index (χ2v) is 5.48. The Bertz CT molecular complexity index is 420. The molecule has 1 heterocycles. The summed E-state index contributed by atoms with van der Waals surface area (Å²) in [7, 11) is 0. The molecule has 19 heavy (non-hydrogen) atoms. The van der Waals surface area contributed by atoms with Gasteiger partial charge in [0.05, 0.1) is 6.54 Å². The van der Waals surface area contributed by atoms with Crippen LogP contribution in [-0.2, 0) is 11.3 Å². The molecule has 4 nitrogen and oxygen atoms in total. The highest BCUT2D eigenvalue weighted by Crippen LogP contribution is 2.30. The van der Waals surface area contributed by atoms with E-state index in [-0.39, 0.29) is 5.91 Å². The second-order valence-electron chi connectivity index (χ2n) is 5.48. The van der Waals surface area contributed by atoms with Crippen LogP contribution in [0.5, 0.6) is 0 Å². The molecular weight excluding hydrogens is 240 g/mol. The number of nitrogens with two attached hydrogens (primary N) is 1. The van der Waals surface area contributed by atoms with Crippen LogP contribution in [0.1, 0.15) is 44.1 Å². The number of carbonyl (C=O) groups is 1. The van der Waals surface area contributed by atoms with Crippen LogP contribution in [0.4, 0.5) is 0 Å². The molecular formula is C15H24N2O2. The van der Waals surface area contributed by atoms with E-state index in [0.717, 1.165) is 30.8 Å². The van der Waals surface area contributed by atoms with Gasteiger partial charge in [0.25, 0.3) is 0 Å². The monoisotopic (exact) mass is 264 g/mol. The molecule has 0 spiro atoms. The fraction of sp³-hybridized carbons (Fsp3) is 0.667. The smallest absolute Gasteiger partial charge is 0.223 e. The van der Waals surface area contributed by atoms with Crippen LogP contribution in [0.15, 0.2) is 16.5 Å². The molecule has 1 aromatic rings. The molecule has 1 atom stereocenters. The van der Waals surface area contributed by atoms with Gasteiger partial charge in [0.1, 0.15) is 11.5 Å². The molecule has 1 aromatic heterocycles. The van der Waals surface area contributed by atoms with Gasteiger partial charge < -0.3 is 15.1 Å². The van der Waals surface area contributed by atoms with Crippen molar-refractivity contribution in [1.82, 2.24) is 4.90 Å². The van der Waals surface area contributed by atoms with Gasteiger partial charge in [-0.1, -0.05) is 13.3 Å². The lowest BCUT2D eigenvalue weighted by Crippen LogP contribution is -2.34. The minimum atomic E-state index is 0.217. The summed E-state index contributed by atoms with van der Waals surface area (Å²) in [5, 5.41) is 0. The SMILES string of the molecule is CCC(CN)CC(=O)N(Cc1ccc(C)o1)C1CC1. The highest BCUT2D eigenvalue weighted by atomic mass is 16.3. The zero-order chi connectivity index (χ0) is 13.8. The summed E-state index contributed by atoms with van der Waals surface area (Å²) in [5.74, 6) is 2.28. The van der Waals surface area contributed by atoms with Gasteiger partial charge in [0.15, 0.2) is 0 Å². The van der Waals surface area contributed by atoms with Crippen LogP contribution < -0.4 is 5.73 Å². The lowest BCUT2D eigenvalue weighted by Gasteiger charge is -2.23. The number of hydrogen-bond acceptors (Lipinski definition) is 3. The molecule has 0 aromatic carbocycles. The second kappa shape index (κ2) is 6.24. The van der Waals surface area contributed by atoms with E-state index in [4.69, 9.17) is 10.2 Å². The maximum Gasteiger partial charge on any atom is 0.223 e. The van der Waals surface area contributed by atoms with E-state index in [1.54, 1.807) is 0 Å². The molecule has 2 rings (SSSR count). The number of carbonyl (C=O) groups excluding carboxylic acids is 1. The average molecular weight is 264 g/mol. The minimum absolute atomic E-state index is 0.217. The molecule has 1 aliphatic carbocycles. The first-order chi connectivity index (χ1) is 9.13. The lowest BCUT2D eigenvalue weighted by molar-refractivity contribution is -0.133. The van der Waals surface area contributed by atoms with Crippen molar-refractivity contribution < 1.29 is 9.21 Å². The van der Waals surface area contributed by atoms with Crippen molar-refractivity contribution in [2.45, 2.75) is 52.1 Å². The predicted molar refractivity (Wildman–Crippen MR) is 74.5 cm³/mol. The van der Waals surface area contributed by atoms with Crippen LogP contribution in [0, 0.1) is 12.8 Å². The Morgan fingerprint density at radius 1 is 1.53 bits per heavy atom. The summed E-state index contributed by atoms with van der Waals surface area (Å²) in [4.78, 5) is 14.4. The van der Waals surface area contributed by atoms with E-state index in [1.165, 1.54) is 0 Å². The van der Waals surface area contributed by atoms with Crippen molar-refractivity contribution >= 4 is 5.91 Å². The molecule has 0 aliphatic heterocycles. The van der Waals surface area contributed by atoms with Crippen molar-refractivity contribution in [3.05, 3.63) is 23.7 Å². The quantitative estimate of drug-likeness (QED) is 0.823. The molecule has 0 radical (unpaired) electrons. The van der Waals surface area contributed by atoms with Gasteiger partial charge in [0, 0.05) is 12.5 Å². The first-order valence-electron chi connectivity index (χ1n) is 7.18. The van der Waals surface area contributed by atoms with E-state index < -0.39 is 0 Å². The minimum Gasteiger partial charge on any atom is -0.464 e. The maximum atomic E-state index is 12.4. The molecule has 0 bridgehead atoms. The highest BCUT2D eigenvalue weighted by Gasteiger charge is 2.33. The van der Waals surface area contributed by atoms with Gasteiger partial charge >= 0.3 is 0 Å². The fourth-order valence-electron chi connectivity index (χ4n) is 2.30. The largest absolute Gasteiger partial charge is 0.464 e. The topological polar surface area (TPSA) is 59.5 Å². The number of aryl methyl sites for hydroxylation is 1. The summed E-state index contributed by atoms with van der Waals surface area (Å²) in [6.45, 7) is 5.19. The molecule has 1 aliphatic rings. The summed E-state index contributed by atoms with van der Waals surface area (Å²) < 4.78 is 5.58. The molecule has 0 saturated heterocycles. The summed E-state index contributed by atoms with van der Waals surface area (Å²) in [6, 6.07) is 4.31. The number of rotatable bonds is 7. The van der Waals surface area contributed by atoms with Gasteiger partial charge in [-0.2, -0.15) is 0 Å². The van der Waals surface area contributed by atoms with E-state index in [2.05, 4.69) is 6.92 Å². The third-order valence-corrected chi connectivity index (χ3v) is 3.80. The van der Waals surface area contributed by atoms with Gasteiger partial charge in [0.2, 0.25) is 5.91 Å². The third kappa shape index (κ3) is 3.83. The number of furan rings is 1. The Hall–Kier alpha value is -1.29. The Morgan fingerprint density at radius 3 is 2.74 bits per heavy atom. The first-order valence-corrected chi connectivity index (χ1v) is 7.18. The van der Waals surface area contributed by atoms with Crippen molar-refractivity contribution in [1.29, 1.82) is 0 Å². The van der Waals surface area contributed by atoms with Gasteiger partial charge in [-0.25, -0.2) is 0 Å². The van der Waals surface area contributed by atoms with Crippen LogP contribution in [0.25, 0.3) is 0 Å². The van der Waals surface area contributed by atoms with Crippen LogP contribution in [0.3, 0.4) is 0 Å². The molecule has 106 valence electrons. The Labute approximate surface area is 114 Å². The van der Waals surface area contributed by atoms with E-state index >= 15 is 0 Å². The normalized spacial score (nSPS) is 16.4. The lowest BCUT2D eigenvalue weighted by atomic mass is 10.0.